The number of para-hydroxylation sites is 1. The van der Waals surface area contributed by atoms with Gasteiger partial charge in [-0.3, -0.25) is 13.8 Å². The van der Waals surface area contributed by atoms with Gasteiger partial charge in [0.25, 0.3) is 10.1 Å². The van der Waals surface area contributed by atoms with Gasteiger partial charge in [-0.15, -0.1) is 0 Å². The van der Waals surface area contributed by atoms with Crippen molar-refractivity contribution in [2.45, 2.75) is 81.8 Å². The second kappa shape index (κ2) is 11.2. The lowest BCUT2D eigenvalue weighted by atomic mass is 9.81. The molecule has 10 nitrogen and oxygen atoms in total. The maximum absolute atomic E-state index is 12.6. The fraction of sp³-hybridized carbons (Fsp3) is 0.471. The Morgan fingerprint density at radius 2 is 1.76 bits per heavy atom. The molecule has 2 aliphatic carbocycles. The second-order valence-corrected chi connectivity index (χ2v) is 15.4. The highest BCUT2D eigenvalue weighted by Gasteiger charge is 2.37. The molecule has 2 aromatic carbocycles. The molecule has 236 valence electrons. The minimum atomic E-state index is -3.77. The van der Waals surface area contributed by atoms with Crippen molar-refractivity contribution in [1.82, 2.24) is 24.6 Å². The SMILES string of the molecule is Cc1ccc(S(=O)(=O)OCC2CC(n3cc(-c4cnc5c(C6CN(C(=O)OC(C)(C)C)C6)cccc5n4)c(C4CC4)n3)C2)cc1. The zero-order valence-corrected chi connectivity index (χ0v) is 27.0. The van der Waals surface area contributed by atoms with E-state index in [9.17, 15) is 13.2 Å². The minimum Gasteiger partial charge on any atom is -0.444 e. The Kier molecular flexibility index (Phi) is 7.43. The summed E-state index contributed by atoms with van der Waals surface area (Å²) >= 11 is 0. The van der Waals surface area contributed by atoms with Gasteiger partial charge in [0.15, 0.2) is 0 Å². The van der Waals surface area contributed by atoms with Crippen LogP contribution in [0.1, 0.15) is 81.2 Å². The molecule has 1 saturated heterocycles. The third-order valence-corrected chi connectivity index (χ3v) is 10.2. The smallest absolute Gasteiger partial charge is 0.410 e. The van der Waals surface area contributed by atoms with Crippen molar-refractivity contribution in [1.29, 1.82) is 0 Å². The van der Waals surface area contributed by atoms with E-state index in [2.05, 4.69) is 12.3 Å². The fourth-order valence-corrected chi connectivity index (χ4v) is 7.11. The molecule has 1 amide bonds. The normalized spacial score (nSPS) is 20.6. The Bertz CT molecular complexity index is 1850. The molecule has 0 spiro atoms. The van der Waals surface area contributed by atoms with Crippen LogP contribution in [0.4, 0.5) is 4.79 Å². The lowest BCUT2D eigenvalue weighted by Crippen LogP contribution is -2.50. The van der Waals surface area contributed by atoms with E-state index >= 15 is 0 Å². The first-order valence-corrected chi connectivity index (χ1v) is 17.1. The highest BCUT2D eigenvalue weighted by Crippen LogP contribution is 2.46. The van der Waals surface area contributed by atoms with Gasteiger partial charge in [-0.05, 0) is 83.1 Å². The molecule has 0 unspecified atom stereocenters. The van der Waals surface area contributed by atoms with Crippen LogP contribution in [0.15, 0.2) is 59.8 Å². The van der Waals surface area contributed by atoms with Crippen molar-refractivity contribution in [3.63, 3.8) is 0 Å². The molecule has 4 aromatic rings. The lowest BCUT2D eigenvalue weighted by Gasteiger charge is -2.40. The van der Waals surface area contributed by atoms with E-state index in [-0.39, 0.29) is 35.5 Å². The van der Waals surface area contributed by atoms with E-state index in [0.717, 1.165) is 64.8 Å². The highest BCUT2D eigenvalue weighted by molar-refractivity contribution is 7.86. The number of carbonyl (C=O) groups is 1. The molecular weight excluding hydrogens is 590 g/mol. The van der Waals surface area contributed by atoms with Gasteiger partial charge in [0.1, 0.15) is 5.60 Å². The van der Waals surface area contributed by atoms with Gasteiger partial charge in [0, 0.05) is 36.7 Å². The number of hydrogen-bond acceptors (Lipinski definition) is 8. The number of rotatable bonds is 8. The molecule has 0 radical (unpaired) electrons. The molecule has 0 atom stereocenters. The van der Waals surface area contributed by atoms with E-state index in [4.69, 9.17) is 24.0 Å². The molecule has 3 heterocycles. The van der Waals surface area contributed by atoms with Crippen molar-refractivity contribution < 1.29 is 22.1 Å². The first kappa shape index (κ1) is 29.9. The number of benzene rings is 2. The molecule has 11 heteroatoms. The van der Waals surface area contributed by atoms with Crippen LogP contribution in [-0.4, -0.2) is 64.5 Å². The standard InChI is InChI=1S/C34H39N5O5S/c1-21-8-12-26(13-9-21)45(41,42)43-20-22-14-25(15-22)39-19-28(31(37-39)23-10-11-23)30-16-35-32-27(6-5-7-29(32)36-30)24-17-38(18-24)33(40)44-34(2,3)4/h5-9,12-13,16,19,22-25H,10-11,14-15,17-18,20H2,1-4H3. The maximum atomic E-state index is 12.6. The topological polar surface area (TPSA) is 117 Å². The number of ether oxygens (including phenoxy) is 1. The van der Waals surface area contributed by atoms with Crippen LogP contribution >= 0.6 is 0 Å². The fourth-order valence-electron chi connectivity index (χ4n) is 6.13. The number of amides is 1. The quantitative estimate of drug-likeness (QED) is 0.207. The average molecular weight is 630 g/mol. The summed E-state index contributed by atoms with van der Waals surface area (Å²) in [5, 5.41) is 5.01. The Balaban J connectivity index is 1.03. The van der Waals surface area contributed by atoms with E-state index < -0.39 is 15.7 Å². The summed E-state index contributed by atoms with van der Waals surface area (Å²) in [6, 6.07) is 13.0. The summed E-state index contributed by atoms with van der Waals surface area (Å²) in [4.78, 5) is 24.3. The zero-order chi connectivity index (χ0) is 31.5. The van der Waals surface area contributed by atoms with E-state index in [1.807, 2.05) is 50.7 Å². The molecule has 0 N–H and O–H groups in total. The number of carbonyl (C=O) groups excluding carboxylic acids is 1. The summed E-state index contributed by atoms with van der Waals surface area (Å²) in [5.74, 6) is 0.773. The van der Waals surface area contributed by atoms with E-state index in [1.165, 1.54) is 0 Å². The van der Waals surface area contributed by atoms with Gasteiger partial charge in [0.2, 0.25) is 0 Å². The molecule has 0 bridgehead atoms. The molecule has 1 aliphatic heterocycles. The zero-order valence-electron chi connectivity index (χ0n) is 26.1. The second-order valence-electron chi connectivity index (χ2n) is 13.8. The van der Waals surface area contributed by atoms with Crippen LogP contribution in [0, 0.1) is 12.8 Å². The van der Waals surface area contributed by atoms with Gasteiger partial charge < -0.3 is 9.64 Å². The number of aromatic nitrogens is 4. The van der Waals surface area contributed by atoms with Gasteiger partial charge in [-0.2, -0.15) is 13.5 Å². The van der Waals surface area contributed by atoms with Crippen molar-refractivity contribution in [3.8, 4) is 11.3 Å². The summed E-state index contributed by atoms with van der Waals surface area (Å²) in [5.41, 5.74) is 6.14. The number of fused-ring (bicyclic) bond motifs is 1. The molecule has 7 rings (SSSR count). The molecule has 2 aromatic heterocycles. The van der Waals surface area contributed by atoms with Crippen LogP contribution in [0.2, 0.25) is 0 Å². The maximum Gasteiger partial charge on any atom is 0.410 e. The Labute approximate surface area is 263 Å². The first-order chi connectivity index (χ1) is 21.4. The largest absolute Gasteiger partial charge is 0.444 e. The summed E-state index contributed by atoms with van der Waals surface area (Å²) in [6.45, 7) is 8.91. The number of nitrogens with zero attached hydrogens (tertiary/aromatic N) is 5. The molecule has 2 saturated carbocycles. The highest BCUT2D eigenvalue weighted by atomic mass is 32.2. The van der Waals surface area contributed by atoms with E-state index in [1.54, 1.807) is 29.2 Å². The minimum absolute atomic E-state index is 0.156. The van der Waals surface area contributed by atoms with Crippen molar-refractivity contribution in [2.24, 2.45) is 5.92 Å². The van der Waals surface area contributed by atoms with Crippen LogP contribution in [0.3, 0.4) is 0 Å². The predicted molar refractivity (Wildman–Crippen MR) is 169 cm³/mol. The Hall–Kier alpha value is -3.83. The van der Waals surface area contributed by atoms with Crippen molar-refractivity contribution in [3.05, 3.63) is 71.7 Å². The van der Waals surface area contributed by atoms with Crippen molar-refractivity contribution >= 4 is 27.2 Å². The number of likely N-dealkylation sites (tertiary alicyclic amines) is 1. The third-order valence-electron chi connectivity index (χ3n) is 8.93. The summed E-state index contributed by atoms with van der Waals surface area (Å²) < 4.78 is 38.2. The van der Waals surface area contributed by atoms with E-state index in [0.29, 0.717) is 19.0 Å². The average Bonchev–Trinajstić information content (AvgIpc) is 3.69. The van der Waals surface area contributed by atoms with Gasteiger partial charge in [-0.25, -0.2) is 9.78 Å². The Morgan fingerprint density at radius 3 is 2.44 bits per heavy atom. The van der Waals surface area contributed by atoms with Crippen LogP contribution < -0.4 is 0 Å². The summed E-state index contributed by atoms with van der Waals surface area (Å²) in [6.07, 6.45) is 7.49. The van der Waals surface area contributed by atoms with Gasteiger partial charge in [-0.1, -0.05) is 29.8 Å². The molecule has 3 fully saturated rings. The number of hydrogen-bond donors (Lipinski definition) is 0. The van der Waals surface area contributed by atoms with Crippen LogP contribution in [0.5, 0.6) is 0 Å². The monoisotopic (exact) mass is 629 g/mol. The molecule has 45 heavy (non-hydrogen) atoms. The van der Waals surface area contributed by atoms with Gasteiger partial charge >= 0.3 is 6.09 Å². The first-order valence-electron chi connectivity index (χ1n) is 15.7. The Morgan fingerprint density at radius 1 is 1.02 bits per heavy atom. The van der Waals surface area contributed by atoms with Crippen LogP contribution in [0.25, 0.3) is 22.3 Å². The third kappa shape index (κ3) is 6.20. The summed E-state index contributed by atoms with van der Waals surface area (Å²) in [7, 11) is -3.77. The molecule has 3 aliphatic rings. The van der Waals surface area contributed by atoms with Crippen LogP contribution in [-0.2, 0) is 19.0 Å². The molecular formula is C34H39N5O5S. The van der Waals surface area contributed by atoms with Crippen molar-refractivity contribution in [2.75, 3.05) is 19.7 Å². The lowest BCUT2D eigenvalue weighted by molar-refractivity contribution is 0.00828. The number of aryl methyl sites for hydroxylation is 1. The predicted octanol–water partition coefficient (Wildman–Crippen LogP) is 6.37. The van der Waals surface area contributed by atoms with Gasteiger partial charge in [0.05, 0.1) is 46.2 Å².